The summed E-state index contributed by atoms with van der Waals surface area (Å²) < 4.78 is 0. The fourth-order valence-corrected chi connectivity index (χ4v) is 1.65. The lowest BCUT2D eigenvalue weighted by Gasteiger charge is -2.13. The van der Waals surface area contributed by atoms with E-state index < -0.39 is 0 Å². The van der Waals surface area contributed by atoms with Crippen molar-refractivity contribution in [3.8, 4) is 0 Å². The summed E-state index contributed by atoms with van der Waals surface area (Å²) in [6, 6.07) is 5.58. The van der Waals surface area contributed by atoms with Crippen LogP contribution in [0, 0.1) is 0 Å². The van der Waals surface area contributed by atoms with Crippen molar-refractivity contribution >= 4 is 46.2 Å². The Bertz CT molecular complexity index is 366. The Morgan fingerprint density at radius 3 is 2.47 bits per heavy atom. The predicted molar refractivity (Wildman–Crippen MR) is 71.0 cm³/mol. The van der Waals surface area contributed by atoms with Crippen LogP contribution in [0.15, 0.2) is 18.2 Å². The van der Waals surface area contributed by atoms with Gasteiger partial charge in [0.2, 0.25) is 0 Å². The molecule has 0 saturated carbocycles. The van der Waals surface area contributed by atoms with E-state index in [1.54, 1.807) is 12.1 Å². The first-order chi connectivity index (χ1) is 6.99. The van der Waals surface area contributed by atoms with Gasteiger partial charge in [-0.3, -0.25) is 0 Å². The summed E-state index contributed by atoms with van der Waals surface area (Å²) in [4.78, 5) is 0. The monoisotopic (exact) mass is 262 g/mol. The van der Waals surface area contributed by atoms with Crippen molar-refractivity contribution < 1.29 is 0 Å². The molecule has 0 radical (unpaired) electrons. The molecule has 2 N–H and O–H groups in total. The fraction of sp³-hybridized carbons (Fsp3) is 0.300. The number of benzene rings is 1. The average molecular weight is 263 g/mol. The first-order valence-corrected chi connectivity index (χ1v) is 5.68. The summed E-state index contributed by atoms with van der Waals surface area (Å²) in [6.07, 6.45) is 0. The summed E-state index contributed by atoms with van der Waals surface area (Å²) in [6.45, 7) is 4.03. The van der Waals surface area contributed by atoms with E-state index in [9.17, 15) is 0 Å². The first-order valence-electron chi connectivity index (χ1n) is 4.51. The van der Waals surface area contributed by atoms with Crippen LogP contribution in [-0.4, -0.2) is 11.2 Å². The molecular formula is C10H12Cl2N2S. The van der Waals surface area contributed by atoms with Crippen LogP contribution in [-0.2, 0) is 0 Å². The Kier molecular flexibility index (Phi) is 4.64. The van der Waals surface area contributed by atoms with Crippen molar-refractivity contribution in [2.75, 3.05) is 5.32 Å². The molecule has 0 fully saturated rings. The summed E-state index contributed by atoms with van der Waals surface area (Å²) in [5.41, 5.74) is 0.822. The number of nitrogens with one attached hydrogen (secondary N) is 2. The zero-order chi connectivity index (χ0) is 11.4. The van der Waals surface area contributed by atoms with Gasteiger partial charge in [0.1, 0.15) is 0 Å². The fourth-order valence-electron chi connectivity index (χ4n) is 1.00. The molecule has 1 aromatic carbocycles. The van der Waals surface area contributed by atoms with Crippen LogP contribution in [0.25, 0.3) is 0 Å². The van der Waals surface area contributed by atoms with Crippen molar-refractivity contribution in [1.82, 2.24) is 5.32 Å². The van der Waals surface area contributed by atoms with Crippen LogP contribution in [0.1, 0.15) is 13.8 Å². The molecule has 2 nitrogen and oxygen atoms in total. The van der Waals surface area contributed by atoms with E-state index >= 15 is 0 Å². The number of anilines is 1. The van der Waals surface area contributed by atoms with Gasteiger partial charge in [-0.15, -0.1) is 0 Å². The van der Waals surface area contributed by atoms with Gasteiger partial charge < -0.3 is 10.6 Å². The lowest BCUT2D eigenvalue weighted by molar-refractivity contribution is 0.739. The van der Waals surface area contributed by atoms with E-state index in [-0.39, 0.29) is 0 Å². The lowest BCUT2D eigenvalue weighted by atomic mass is 10.3. The highest BCUT2D eigenvalue weighted by Crippen LogP contribution is 2.24. The van der Waals surface area contributed by atoms with Gasteiger partial charge in [0.15, 0.2) is 5.11 Å². The topological polar surface area (TPSA) is 24.1 Å². The van der Waals surface area contributed by atoms with E-state index in [0.29, 0.717) is 21.2 Å². The van der Waals surface area contributed by atoms with Gasteiger partial charge in [0, 0.05) is 11.7 Å². The molecule has 0 aliphatic carbocycles. The van der Waals surface area contributed by atoms with E-state index in [1.165, 1.54) is 0 Å². The molecule has 82 valence electrons. The van der Waals surface area contributed by atoms with E-state index in [1.807, 2.05) is 19.9 Å². The van der Waals surface area contributed by atoms with Crippen molar-refractivity contribution in [3.63, 3.8) is 0 Å². The minimum atomic E-state index is 0.299. The first kappa shape index (κ1) is 12.6. The highest BCUT2D eigenvalue weighted by molar-refractivity contribution is 7.80. The van der Waals surface area contributed by atoms with E-state index in [0.717, 1.165) is 5.69 Å². The summed E-state index contributed by atoms with van der Waals surface area (Å²) in [7, 11) is 0. The molecule has 0 amide bonds. The van der Waals surface area contributed by atoms with Crippen molar-refractivity contribution in [1.29, 1.82) is 0 Å². The van der Waals surface area contributed by atoms with Crippen LogP contribution in [0.4, 0.5) is 5.69 Å². The molecule has 0 spiro atoms. The minimum Gasteiger partial charge on any atom is -0.360 e. The van der Waals surface area contributed by atoms with Crippen molar-refractivity contribution in [2.24, 2.45) is 0 Å². The summed E-state index contributed by atoms with van der Waals surface area (Å²) >= 11 is 16.8. The Labute approximate surface area is 105 Å². The second kappa shape index (κ2) is 5.54. The number of halogens is 2. The molecule has 0 aliphatic rings. The normalized spacial score (nSPS) is 10.2. The Balaban J connectivity index is 2.65. The van der Waals surface area contributed by atoms with Crippen LogP contribution < -0.4 is 10.6 Å². The molecule has 0 heterocycles. The highest BCUT2D eigenvalue weighted by atomic mass is 35.5. The van der Waals surface area contributed by atoms with Gasteiger partial charge in [0.05, 0.1) is 10.0 Å². The minimum absolute atomic E-state index is 0.299. The Hall–Kier alpha value is -0.510. The number of hydrogen-bond donors (Lipinski definition) is 2. The molecule has 0 saturated heterocycles. The molecular weight excluding hydrogens is 251 g/mol. The second-order valence-electron chi connectivity index (χ2n) is 3.38. The van der Waals surface area contributed by atoms with Gasteiger partial charge in [-0.05, 0) is 44.3 Å². The standard InChI is InChI=1S/C10H12Cl2N2S/c1-6(2)13-10(15)14-7-3-4-8(11)9(12)5-7/h3-6H,1-2H3,(H2,13,14,15). The van der Waals surface area contributed by atoms with Crippen LogP contribution in [0.5, 0.6) is 0 Å². The molecule has 1 rings (SSSR count). The Morgan fingerprint density at radius 2 is 1.93 bits per heavy atom. The van der Waals surface area contributed by atoms with E-state index in [2.05, 4.69) is 10.6 Å². The third-order valence-corrected chi connectivity index (χ3v) is 2.56. The van der Waals surface area contributed by atoms with Crippen LogP contribution in [0.3, 0.4) is 0 Å². The number of hydrogen-bond acceptors (Lipinski definition) is 1. The lowest BCUT2D eigenvalue weighted by Crippen LogP contribution is -2.33. The summed E-state index contributed by atoms with van der Waals surface area (Å²) in [5.74, 6) is 0. The number of rotatable bonds is 2. The van der Waals surface area contributed by atoms with Gasteiger partial charge in [-0.1, -0.05) is 23.2 Å². The molecule has 0 atom stereocenters. The van der Waals surface area contributed by atoms with Gasteiger partial charge in [-0.25, -0.2) is 0 Å². The highest BCUT2D eigenvalue weighted by Gasteiger charge is 2.02. The Morgan fingerprint density at radius 1 is 1.27 bits per heavy atom. The molecule has 15 heavy (non-hydrogen) atoms. The van der Waals surface area contributed by atoms with Crippen LogP contribution >= 0.6 is 35.4 Å². The molecule has 0 unspecified atom stereocenters. The zero-order valence-electron chi connectivity index (χ0n) is 8.47. The third kappa shape index (κ3) is 4.24. The van der Waals surface area contributed by atoms with Crippen molar-refractivity contribution in [3.05, 3.63) is 28.2 Å². The van der Waals surface area contributed by atoms with Gasteiger partial charge >= 0.3 is 0 Å². The SMILES string of the molecule is CC(C)NC(=S)Nc1ccc(Cl)c(Cl)c1. The third-order valence-electron chi connectivity index (χ3n) is 1.60. The maximum atomic E-state index is 5.87. The molecule has 1 aromatic rings. The molecule has 5 heteroatoms. The van der Waals surface area contributed by atoms with Crippen molar-refractivity contribution in [2.45, 2.75) is 19.9 Å². The maximum absolute atomic E-state index is 5.87. The zero-order valence-corrected chi connectivity index (χ0v) is 10.8. The maximum Gasteiger partial charge on any atom is 0.170 e. The summed E-state index contributed by atoms with van der Waals surface area (Å²) in [5, 5.41) is 7.70. The molecule has 0 aromatic heterocycles. The smallest absolute Gasteiger partial charge is 0.170 e. The van der Waals surface area contributed by atoms with E-state index in [4.69, 9.17) is 35.4 Å². The van der Waals surface area contributed by atoms with Gasteiger partial charge in [0.25, 0.3) is 0 Å². The van der Waals surface area contributed by atoms with Gasteiger partial charge in [-0.2, -0.15) is 0 Å². The largest absolute Gasteiger partial charge is 0.360 e. The number of thiocarbonyl (C=S) groups is 1. The quantitative estimate of drug-likeness (QED) is 0.796. The predicted octanol–water partition coefficient (Wildman–Crippen LogP) is 3.69. The van der Waals surface area contributed by atoms with Crippen LogP contribution in [0.2, 0.25) is 10.0 Å². The molecule has 0 aliphatic heterocycles. The average Bonchev–Trinajstić information content (AvgIpc) is 2.10. The second-order valence-corrected chi connectivity index (χ2v) is 4.60. The molecule has 0 bridgehead atoms.